The van der Waals surface area contributed by atoms with Crippen molar-refractivity contribution >= 4 is 5.82 Å². The molecule has 0 N–H and O–H groups in total. The van der Waals surface area contributed by atoms with Gasteiger partial charge in [-0.2, -0.15) is 0 Å². The summed E-state index contributed by atoms with van der Waals surface area (Å²) >= 11 is 0. The van der Waals surface area contributed by atoms with Crippen molar-refractivity contribution in [2.75, 3.05) is 19.0 Å². The fraction of sp³-hybridized carbons (Fsp3) is 0.500. The summed E-state index contributed by atoms with van der Waals surface area (Å²) in [6.45, 7) is 0.827. The molecule has 1 atom stereocenters. The van der Waals surface area contributed by atoms with Gasteiger partial charge in [-0.05, 0) is 31.4 Å². The quantitative estimate of drug-likeness (QED) is 0.713. The summed E-state index contributed by atoms with van der Waals surface area (Å²) in [7, 11) is 3.93. The third kappa shape index (κ3) is 2.65. The Morgan fingerprint density at radius 2 is 1.92 bits per heavy atom. The van der Waals surface area contributed by atoms with Gasteiger partial charge in [0.2, 0.25) is 11.8 Å². The Hall–Kier alpha value is -2.77. The number of fused-ring (bicyclic) bond motifs is 1. The predicted molar refractivity (Wildman–Crippen MR) is 94.9 cm³/mol. The van der Waals surface area contributed by atoms with Crippen molar-refractivity contribution in [1.82, 2.24) is 29.9 Å². The van der Waals surface area contributed by atoms with Gasteiger partial charge >= 0.3 is 0 Å². The van der Waals surface area contributed by atoms with Crippen molar-refractivity contribution in [3.05, 3.63) is 35.9 Å². The molecule has 3 aromatic heterocycles. The van der Waals surface area contributed by atoms with E-state index in [1.54, 1.807) is 6.20 Å². The molecule has 2 aliphatic rings. The molecule has 0 bridgehead atoms. The number of anilines is 1. The van der Waals surface area contributed by atoms with Crippen LogP contribution in [0.3, 0.4) is 0 Å². The van der Waals surface area contributed by atoms with Crippen LogP contribution in [0.5, 0.6) is 0 Å². The molecule has 134 valence electrons. The average molecular weight is 351 g/mol. The van der Waals surface area contributed by atoms with Crippen LogP contribution in [0.4, 0.5) is 5.82 Å². The summed E-state index contributed by atoms with van der Waals surface area (Å²) in [6, 6.07) is 3.91. The molecule has 1 saturated carbocycles. The molecule has 3 aromatic rings. The first-order valence-electron chi connectivity index (χ1n) is 9.08. The van der Waals surface area contributed by atoms with Crippen LogP contribution in [-0.2, 0) is 13.0 Å². The minimum atomic E-state index is 0.214. The van der Waals surface area contributed by atoms with Crippen LogP contribution in [0.15, 0.2) is 22.7 Å². The van der Waals surface area contributed by atoms with Gasteiger partial charge in [-0.25, -0.2) is 4.98 Å². The zero-order valence-electron chi connectivity index (χ0n) is 15.0. The van der Waals surface area contributed by atoms with Gasteiger partial charge in [-0.1, -0.05) is 0 Å². The molecule has 8 nitrogen and oxygen atoms in total. The van der Waals surface area contributed by atoms with Gasteiger partial charge in [-0.15, -0.1) is 20.4 Å². The topological polar surface area (TPSA) is 85.8 Å². The molecule has 0 spiro atoms. The third-order valence-corrected chi connectivity index (χ3v) is 5.16. The van der Waals surface area contributed by atoms with Gasteiger partial charge in [0.25, 0.3) is 0 Å². The largest absolute Gasteiger partial charge is 0.420 e. The number of nitrogens with zero attached hydrogens (tertiary/aromatic N) is 7. The van der Waals surface area contributed by atoms with Crippen LogP contribution in [0, 0.1) is 0 Å². The summed E-state index contributed by atoms with van der Waals surface area (Å²) in [5.41, 5.74) is 0.841. The van der Waals surface area contributed by atoms with Crippen LogP contribution >= 0.6 is 0 Å². The molecule has 8 heteroatoms. The SMILES string of the molecule is CN(C)c1ccc(-c2nnc([C@@H]3CCc4nnc(C5CC5)n4C3)o2)cn1. The lowest BCUT2D eigenvalue weighted by atomic mass is 9.99. The second-order valence-corrected chi connectivity index (χ2v) is 7.34. The molecule has 1 fully saturated rings. The molecule has 0 saturated heterocycles. The molecule has 5 rings (SSSR count). The number of rotatable bonds is 4. The first kappa shape index (κ1) is 15.5. The van der Waals surface area contributed by atoms with Crippen LogP contribution in [-0.4, -0.2) is 44.0 Å². The van der Waals surface area contributed by atoms with Gasteiger partial charge in [0.15, 0.2) is 0 Å². The van der Waals surface area contributed by atoms with Gasteiger partial charge in [0.1, 0.15) is 17.5 Å². The zero-order valence-corrected chi connectivity index (χ0v) is 15.0. The molecule has 0 unspecified atom stereocenters. The lowest BCUT2D eigenvalue weighted by Gasteiger charge is -2.21. The lowest BCUT2D eigenvalue weighted by Crippen LogP contribution is -2.20. The summed E-state index contributed by atoms with van der Waals surface area (Å²) in [5, 5.41) is 17.3. The number of aromatic nitrogens is 6. The Bertz CT molecular complexity index is 923. The molecule has 4 heterocycles. The molecule has 26 heavy (non-hydrogen) atoms. The van der Waals surface area contributed by atoms with E-state index in [1.807, 2.05) is 31.1 Å². The maximum absolute atomic E-state index is 5.99. The van der Waals surface area contributed by atoms with E-state index in [0.717, 1.165) is 42.4 Å². The molecule has 0 amide bonds. The Morgan fingerprint density at radius 3 is 2.65 bits per heavy atom. The molecule has 1 aliphatic carbocycles. The Morgan fingerprint density at radius 1 is 1.04 bits per heavy atom. The van der Waals surface area contributed by atoms with Gasteiger partial charge < -0.3 is 13.9 Å². The van der Waals surface area contributed by atoms with Crippen molar-refractivity contribution < 1.29 is 4.42 Å². The lowest BCUT2D eigenvalue weighted by molar-refractivity contribution is 0.367. The van der Waals surface area contributed by atoms with Crippen LogP contribution in [0.25, 0.3) is 11.5 Å². The van der Waals surface area contributed by atoms with E-state index in [9.17, 15) is 0 Å². The van der Waals surface area contributed by atoms with E-state index >= 15 is 0 Å². The molecule has 0 radical (unpaired) electrons. The van der Waals surface area contributed by atoms with Gasteiger partial charge in [-0.3, -0.25) is 0 Å². The fourth-order valence-electron chi connectivity index (χ4n) is 3.49. The molecule has 1 aliphatic heterocycles. The van der Waals surface area contributed by atoms with Gasteiger partial charge in [0, 0.05) is 39.2 Å². The number of aryl methyl sites for hydroxylation is 1. The Labute approximate surface area is 151 Å². The number of pyridine rings is 1. The highest BCUT2D eigenvalue weighted by Gasteiger charge is 2.34. The van der Waals surface area contributed by atoms with Crippen LogP contribution < -0.4 is 4.90 Å². The Kier molecular flexibility index (Phi) is 3.51. The van der Waals surface area contributed by atoms with Crippen molar-refractivity contribution in [3.8, 4) is 11.5 Å². The summed E-state index contributed by atoms with van der Waals surface area (Å²) < 4.78 is 8.25. The number of hydrogen-bond donors (Lipinski definition) is 0. The normalized spacial score (nSPS) is 19.4. The second-order valence-electron chi connectivity index (χ2n) is 7.34. The maximum Gasteiger partial charge on any atom is 0.249 e. The first-order valence-corrected chi connectivity index (χ1v) is 9.08. The van der Waals surface area contributed by atoms with E-state index < -0.39 is 0 Å². The average Bonchev–Trinajstić information content (AvgIpc) is 3.23. The molecular weight excluding hydrogens is 330 g/mol. The summed E-state index contributed by atoms with van der Waals surface area (Å²) in [6.07, 6.45) is 6.09. The van der Waals surface area contributed by atoms with Gasteiger partial charge in [0.05, 0.1) is 11.5 Å². The minimum Gasteiger partial charge on any atom is -0.420 e. The highest BCUT2D eigenvalue weighted by Crippen LogP contribution is 2.41. The maximum atomic E-state index is 5.99. The first-order chi connectivity index (χ1) is 12.7. The van der Waals surface area contributed by atoms with E-state index in [-0.39, 0.29) is 5.92 Å². The fourth-order valence-corrected chi connectivity index (χ4v) is 3.49. The molecular formula is C18H21N7O. The molecule has 0 aromatic carbocycles. The van der Waals surface area contributed by atoms with Crippen molar-refractivity contribution in [1.29, 1.82) is 0 Å². The monoisotopic (exact) mass is 351 g/mol. The van der Waals surface area contributed by atoms with E-state index in [2.05, 4.69) is 29.9 Å². The predicted octanol–water partition coefficient (Wildman–Crippen LogP) is 2.40. The van der Waals surface area contributed by atoms with E-state index in [4.69, 9.17) is 4.42 Å². The van der Waals surface area contributed by atoms with E-state index in [1.165, 1.54) is 12.8 Å². The summed E-state index contributed by atoms with van der Waals surface area (Å²) in [5.74, 6) is 5.14. The smallest absolute Gasteiger partial charge is 0.249 e. The van der Waals surface area contributed by atoms with Crippen LogP contribution in [0.2, 0.25) is 0 Å². The second kappa shape index (κ2) is 5.89. The standard InChI is InChI=1S/C18H21N7O/c1-24(2)14-7-5-12(9-19-14)17-22-23-18(26-17)13-6-8-15-20-21-16(11-3-4-11)25(15)10-13/h5,7,9,11,13H,3-4,6,8,10H2,1-2H3/t13-/m1/s1. The number of hydrogen-bond acceptors (Lipinski definition) is 7. The summed E-state index contributed by atoms with van der Waals surface area (Å²) in [4.78, 5) is 6.37. The highest BCUT2D eigenvalue weighted by molar-refractivity contribution is 5.54. The van der Waals surface area contributed by atoms with Crippen molar-refractivity contribution in [3.63, 3.8) is 0 Å². The third-order valence-electron chi connectivity index (χ3n) is 5.16. The van der Waals surface area contributed by atoms with Crippen LogP contribution in [0.1, 0.15) is 48.6 Å². The highest BCUT2D eigenvalue weighted by atomic mass is 16.4. The Balaban J connectivity index is 1.37. The van der Waals surface area contributed by atoms with Crippen molar-refractivity contribution in [2.45, 2.75) is 44.1 Å². The zero-order chi connectivity index (χ0) is 17.7. The van der Waals surface area contributed by atoms with E-state index in [0.29, 0.717) is 17.7 Å². The van der Waals surface area contributed by atoms with Crippen molar-refractivity contribution in [2.24, 2.45) is 0 Å². The minimum absolute atomic E-state index is 0.214.